The van der Waals surface area contributed by atoms with Crippen molar-refractivity contribution in [1.29, 1.82) is 0 Å². The van der Waals surface area contributed by atoms with E-state index in [1.165, 1.54) is 40.8 Å². The summed E-state index contributed by atoms with van der Waals surface area (Å²) in [6, 6.07) is 5.11. The molecule has 2 atom stereocenters. The molecule has 1 aromatic carbocycles. The van der Waals surface area contributed by atoms with Crippen LogP contribution in [-0.4, -0.2) is 17.0 Å². The third-order valence-corrected chi connectivity index (χ3v) is 5.97. The predicted octanol–water partition coefficient (Wildman–Crippen LogP) is 4.55. The average molecular weight is 277 g/mol. The lowest BCUT2D eigenvalue weighted by atomic mass is 9.96. The fourth-order valence-corrected chi connectivity index (χ4v) is 4.16. The van der Waals surface area contributed by atoms with Gasteiger partial charge in [0.1, 0.15) is 0 Å². The van der Waals surface area contributed by atoms with Gasteiger partial charge in [-0.2, -0.15) is 11.8 Å². The predicted molar refractivity (Wildman–Crippen MR) is 87.2 cm³/mol. The zero-order chi connectivity index (χ0) is 14.0. The molecule has 106 valence electrons. The third-order valence-electron chi connectivity index (χ3n) is 4.43. The van der Waals surface area contributed by atoms with Gasteiger partial charge in [0.25, 0.3) is 0 Å². The maximum Gasteiger partial charge on any atom is 0.0295 e. The van der Waals surface area contributed by atoms with Crippen LogP contribution in [0.5, 0.6) is 0 Å². The molecule has 1 heterocycles. The van der Waals surface area contributed by atoms with E-state index in [2.05, 4.69) is 63.8 Å². The van der Waals surface area contributed by atoms with Gasteiger partial charge < -0.3 is 5.32 Å². The van der Waals surface area contributed by atoms with Gasteiger partial charge in [-0.3, -0.25) is 0 Å². The molecule has 0 spiro atoms. The Labute approximate surface area is 122 Å². The van der Waals surface area contributed by atoms with Crippen molar-refractivity contribution in [1.82, 2.24) is 5.32 Å². The van der Waals surface area contributed by atoms with Crippen molar-refractivity contribution in [2.45, 2.75) is 58.2 Å². The van der Waals surface area contributed by atoms with Crippen molar-refractivity contribution in [3.05, 3.63) is 34.4 Å². The maximum atomic E-state index is 3.75. The third kappa shape index (κ3) is 3.55. The van der Waals surface area contributed by atoms with Gasteiger partial charge in [0, 0.05) is 17.3 Å². The molecule has 1 aliphatic rings. The number of nitrogens with one attached hydrogen (secondary N) is 1. The lowest BCUT2D eigenvalue weighted by Gasteiger charge is -2.27. The summed E-state index contributed by atoms with van der Waals surface area (Å²) in [4.78, 5) is 0. The highest BCUT2D eigenvalue weighted by molar-refractivity contribution is 8.00. The molecule has 1 aliphatic heterocycles. The molecule has 19 heavy (non-hydrogen) atoms. The molecule has 0 bridgehead atoms. The van der Waals surface area contributed by atoms with Crippen LogP contribution in [0.25, 0.3) is 0 Å². The van der Waals surface area contributed by atoms with E-state index in [1.54, 1.807) is 0 Å². The van der Waals surface area contributed by atoms with Gasteiger partial charge in [0.2, 0.25) is 0 Å². The summed E-state index contributed by atoms with van der Waals surface area (Å²) in [5.41, 5.74) is 5.66. The van der Waals surface area contributed by atoms with E-state index in [9.17, 15) is 0 Å². The average Bonchev–Trinajstić information content (AvgIpc) is 2.78. The number of rotatable bonds is 4. The van der Waals surface area contributed by atoms with Crippen LogP contribution in [0.2, 0.25) is 0 Å². The molecule has 0 saturated carbocycles. The van der Waals surface area contributed by atoms with Crippen LogP contribution in [-0.2, 0) is 0 Å². The Morgan fingerprint density at radius 2 is 1.89 bits per heavy atom. The molecule has 1 saturated heterocycles. The van der Waals surface area contributed by atoms with E-state index >= 15 is 0 Å². The first-order chi connectivity index (χ1) is 8.91. The summed E-state index contributed by atoms with van der Waals surface area (Å²) in [5.74, 6) is 1.33. The largest absolute Gasteiger partial charge is 0.309 e. The quantitative estimate of drug-likeness (QED) is 0.866. The maximum absolute atomic E-state index is 3.75. The van der Waals surface area contributed by atoms with Crippen molar-refractivity contribution in [2.75, 3.05) is 12.3 Å². The van der Waals surface area contributed by atoms with Crippen LogP contribution >= 0.6 is 11.8 Å². The highest BCUT2D eigenvalue weighted by Crippen LogP contribution is 2.37. The molecule has 2 heteroatoms. The Balaban J connectivity index is 2.03. The summed E-state index contributed by atoms with van der Waals surface area (Å²) in [6.45, 7) is 12.4. The number of thioether (sulfide) groups is 1. The minimum Gasteiger partial charge on any atom is -0.309 e. The lowest BCUT2D eigenvalue weighted by Crippen LogP contribution is -2.34. The van der Waals surface area contributed by atoms with Gasteiger partial charge in [0.05, 0.1) is 0 Å². The second-order valence-corrected chi connectivity index (χ2v) is 7.98. The van der Waals surface area contributed by atoms with Crippen LogP contribution in [0.4, 0.5) is 0 Å². The summed E-state index contributed by atoms with van der Waals surface area (Å²) < 4.78 is 0.446. The molecule has 2 rings (SSSR count). The fraction of sp³-hybridized carbons (Fsp3) is 0.647. The first kappa shape index (κ1) is 14.9. The zero-order valence-corrected chi connectivity index (χ0v) is 13.8. The summed E-state index contributed by atoms with van der Waals surface area (Å²) in [5, 5.41) is 3.75. The molecule has 1 N–H and O–H groups in total. The molecule has 2 unspecified atom stereocenters. The Hall–Kier alpha value is -0.470. The van der Waals surface area contributed by atoms with Gasteiger partial charge in [-0.15, -0.1) is 0 Å². The second-order valence-electron chi connectivity index (χ2n) is 6.30. The standard InChI is InChI=1S/C17H27NS/c1-12-9-14(3)16(10-13(12)2)15(4)18-11-17(5)7-6-8-19-17/h9-10,15,18H,6-8,11H2,1-5H3. The molecule has 0 aromatic heterocycles. The first-order valence-corrected chi connectivity index (χ1v) is 8.35. The van der Waals surface area contributed by atoms with Gasteiger partial charge in [-0.05, 0) is 75.5 Å². The minimum atomic E-state index is 0.442. The lowest BCUT2D eigenvalue weighted by molar-refractivity contribution is 0.489. The van der Waals surface area contributed by atoms with Crippen LogP contribution < -0.4 is 5.32 Å². The molecular weight excluding hydrogens is 250 g/mol. The Morgan fingerprint density at radius 1 is 1.21 bits per heavy atom. The summed E-state index contributed by atoms with van der Waals surface area (Å²) in [7, 11) is 0. The minimum absolute atomic E-state index is 0.442. The Bertz CT molecular complexity index is 447. The highest BCUT2D eigenvalue weighted by atomic mass is 32.2. The van der Waals surface area contributed by atoms with E-state index < -0.39 is 0 Å². The number of hydrogen-bond acceptors (Lipinski definition) is 2. The molecule has 0 amide bonds. The van der Waals surface area contributed by atoms with E-state index in [4.69, 9.17) is 0 Å². The normalized spacial score (nSPS) is 24.7. The molecular formula is C17H27NS. The summed E-state index contributed by atoms with van der Waals surface area (Å²) >= 11 is 2.13. The van der Waals surface area contributed by atoms with Gasteiger partial charge in [-0.1, -0.05) is 12.1 Å². The van der Waals surface area contributed by atoms with E-state index in [0.29, 0.717) is 10.8 Å². The number of benzene rings is 1. The number of hydrogen-bond donors (Lipinski definition) is 1. The van der Waals surface area contributed by atoms with Crippen molar-refractivity contribution < 1.29 is 0 Å². The van der Waals surface area contributed by atoms with Crippen LogP contribution in [0.1, 0.15) is 55.0 Å². The SMILES string of the molecule is Cc1cc(C)c(C(C)NCC2(C)CCCS2)cc1C. The Kier molecular flexibility index (Phi) is 4.62. The monoisotopic (exact) mass is 277 g/mol. The van der Waals surface area contributed by atoms with E-state index in [-0.39, 0.29) is 0 Å². The molecule has 1 nitrogen and oxygen atoms in total. The molecule has 1 fully saturated rings. The van der Waals surface area contributed by atoms with Gasteiger partial charge >= 0.3 is 0 Å². The zero-order valence-electron chi connectivity index (χ0n) is 13.0. The van der Waals surface area contributed by atoms with Gasteiger partial charge in [-0.25, -0.2) is 0 Å². The summed E-state index contributed by atoms with van der Waals surface area (Å²) in [6.07, 6.45) is 2.73. The van der Waals surface area contributed by atoms with Crippen LogP contribution in [0.3, 0.4) is 0 Å². The molecule has 1 aromatic rings. The second kappa shape index (κ2) is 5.88. The fourth-order valence-electron chi connectivity index (χ4n) is 2.90. The topological polar surface area (TPSA) is 12.0 Å². The van der Waals surface area contributed by atoms with Crippen molar-refractivity contribution >= 4 is 11.8 Å². The highest BCUT2D eigenvalue weighted by Gasteiger charge is 2.29. The van der Waals surface area contributed by atoms with Crippen molar-refractivity contribution in [2.24, 2.45) is 0 Å². The van der Waals surface area contributed by atoms with Crippen LogP contribution in [0.15, 0.2) is 12.1 Å². The van der Waals surface area contributed by atoms with Crippen molar-refractivity contribution in [3.8, 4) is 0 Å². The van der Waals surface area contributed by atoms with Crippen molar-refractivity contribution in [3.63, 3.8) is 0 Å². The van der Waals surface area contributed by atoms with Crippen LogP contribution in [0, 0.1) is 20.8 Å². The smallest absolute Gasteiger partial charge is 0.0295 e. The van der Waals surface area contributed by atoms with Gasteiger partial charge in [0.15, 0.2) is 0 Å². The first-order valence-electron chi connectivity index (χ1n) is 7.36. The Morgan fingerprint density at radius 3 is 2.53 bits per heavy atom. The number of aryl methyl sites for hydroxylation is 3. The molecule has 0 radical (unpaired) electrons. The van der Waals surface area contributed by atoms with E-state index in [1.807, 2.05) is 0 Å². The molecule has 0 aliphatic carbocycles. The van der Waals surface area contributed by atoms with E-state index in [0.717, 1.165) is 6.54 Å².